The first kappa shape index (κ1) is 19.9. The minimum atomic E-state index is -0.0406. The molecule has 0 saturated carbocycles. The zero-order chi connectivity index (χ0) is 18.9. The molecule has 0 spiro atoms. The van der Waals surface area contributed by atoms with Gasteiger partial charge in [-0.25, -0.2) is 0 Å². The molecule has 5 nitrogen and oxygen atoms in total. The first-order valence-electron chi connectivity index (χ1n) is 8.75. The van der Waals surface area contributed by atoms with E-state index in [1.165, 1.54) is 0 Å². The molecule has 2 aromatic rings. The van der Waals surface area contributed by atoms with Crippen molar-refractivity contribution in [1.82, 2.24) is 9.80 Å². The Hall–Kier alpha value is -2.37. The summed E-state index contributed by atoms with van der Waals surface area (Å²) < 4.78 is 11.4. The van der Waals surface area contributed by atoms with Crippen molar-refractivity contribution in [3.8, 4) is 11.5 Å². The van der Waals surface area contributed by atoms with Crippen LogP contribution in [-0.2, 0) is 0 Å². The summed E-state index contributed by atoms with van der Waals surface area (Å²) in [5, 5.41) is 0. The SMILES string of the molecule is CN(C)CCOc1cccc(C(=O)c2cccc(OCCN(C)C)c2)c1. The molecule has 0 N–H and O–H groups in total. The molecule has 0 atom stereocenters. The lowest BCUT2D eigenvalue weighted by molar-refractivity contribution is 0.103. The molecular formula is C21H28N2O3. The standard InChI is InChI=1S/C21H28N2O3/c1-22(2)11-13-25-19-9-5-7-17(15-19)21(24)18-8-6-10-20(16-18)26-14-12-23(3)4/h5-10,15-16H,11-14H2,1-4H3. The lowest BCUT2D eigenvalue weighted by Gasteiger charge is -2.12. The van der Waals surface area contributed by atoms with Crippen LogP contribution in [0.1, 0.15) is 15.9 Å². The van der Waals surface area contributed by atoms with Gasteiger partial charge >= 0.3 is 0 Å². The summed E-state index contributed by atoms with van der Waals surface area (Å²) in [4.78, 5) is 16.9. The summed E-state index contributed by atoms with van der Waals surface area (Å²) in [6, 6.07) is 14.6. The molecule has 0 aliphatic heterocycles. The normalized spacial score (nSPS) is 11.0. The summed E-state index contributed by atoms with van der Waals surface area (Å²) in [6.07, 6.45) is 0. The third-order valence-electron chi connectivity index (χ3n) is 3.81. The maximum Gasteiger partial charge on any atom is 0.193 e. The van der Waals surface area contributed by atoms with Crippen molar-refractivity contribution in [3.63, 3.8) is 0 Å². The number of hydrogen-bond acceptors (Lipinski definition) is 5. The smallest absolute Gasteiger partial charge is 0.193 e. The molecule has 0 aliphatic carbocycles. The van der Waals surface area contributed by atoms with Crippen LogP contribution in [0.2, 0.25) is 0 Å². The molecule has 0 unspecified atom stereocenters. The first-order chi connectivity index (χ1) is 12.5. The number of ether oxygens (including phenoxy) is 2. The molecule has 140 valence electrons. The van der Waals surface area contributed by atoms with Gasteiger partial charge in [0.15, 0.2) is 5.78 Å². The fourth-order valence-electron chi connectivity index (χ4n) is 2.31. The van der Waals surface area contributed by atoms with Crippen LogP contribution in [0.4, 0.5) is 0 Å². The lowest BCUT2D eigenvalue weighted by atomic mass is 10.0. The van der Waals surface area contributed by atoms with Gasteiger partial charge in [-0.2, -0.15) is 0 Å². The number of hydrogen-bond donors (Lipinski definition) is 0. The number of carbonyl (C=O) groups is 1. The van der Waals surface area contributed by atoms with Crippen molar-refractivity contribution in [2.75, 3.05) is 54.5 Å². The molecule has 2 aromatic carbocycles. The van der Waals surface area contributed by atoms with Crippen LogP contribution < -0.4 is 9.47 Å². The van der Waals surface area contributed by atoms with Crippen LogP contribution in [0.5, 0.6) is 11.5 Å². The van der Waals surface area contributed by atoms with Gasteiger partial charge in [0, 0.05) is 24.2 Å². The lowest BCUT2D eigenvalue weighted by Crippen LogP contribution is -2.19. The predicted molar refractivity (Wildman–Crippen MR) is 104 cm³/mol. The molecule has 0 bridgehead atoms. The van der Waals surface area contributed by atoms with Crippen molar-refractivity contribution in [2.24, 2.45) is 0 Å². The number of carbonyl (C=O) groups excluding carboxylic acids is 1. The van der Waals surface area contributed by atoms with Gasteiger partial charge < -0.3 is 19.3 Å². The first-order valence-corrected chi connectivity index (χ1v) is 8.75. The number of ketones is 1. The zero-order valence-corrected chi connectivity index (χ0v) is 16.1. The summed E-state index contributed by atoms with van der Waals surface area (Å²) >= 11 is 0. The Labute approximate surface area is 156 Å². The average molecular weight is 356 g/mol. The number of rotatable bonds is 10. The summed E-state index contributed by atoms with van der Waals surface area (Å²) in [5.74, 6) is 1.37. The maximum atomic E-state index is 12.8. The summed E-state index contributed by atoms with van der Waals surface area (Å²) in [6.45, 7) is 2.81. The van der Waals surface area contributed by atoms with Crippen LogP contribution in [-0.4, -0.2) is 70.1 Å². The van der Waals surface area contributed by atoms with Gasteiger partial charge in [-0.1, -0.05) is 24.3 Å². The Balaban J connectivity index is 2.04. The van der Waals surface area contributed by atoms with E-state index in [1.807, 2.05) is 52.5 Å². The monoisotopic (exact) mass is 356 g/mol. The molecular weight excluding hydrogens is 328 g/mol. The van der Waals surface area contributed by atoms with E-state index in [1.54, 1.807) is 24.3 Å². The van der Waals surface area contributed by atoms with Crippen molar-refractivity contribution in [2.45, 2.75) is 0 Å². The van der Waals surface area contributed by atoms with Crippen LogP contribution in [0, 0.1) is 0 Å². The van der Waals surface area contributed by atoms with Gasteiger partial charge in [0.2, 0.25) is 0 Å². The second-order valence-corrected chi connectivity index (χ2v) is 6.69. The third-order valence-corrected chi connectivity index (χ3v) is 3.81. The van der Waals surface area contributed by atoms with E-state index in [-0.39, 0.29) is 5.78 Å². The van der Waals surface area contributed by atoms with E-state index in [4.69, 9.17) is 9.47 Å². The quantitative estimate of drug-likeness (QED) is 0.613. The van der Waals surface area contributed by atoms with Gasteiger partial charge in [0.25, 0.3) is 0 Å². The molecule has 0 aliphatic rings. The van der Waals surface area contributed by atoms with Gasteiger partial charge in [0.1, 0.15) is 24.7 Å². The van der Waals surface area contributed by atoms with Crippen molar-refractivity contribution in [3.05, 3.63) is 59.7 Å². The number of likely N-dealkylation sites (N-methyl/N-ethyl adjacent to an activating group) is 2. The fourth-order valence-corrected chi connectivity index (χ4v) is 2.31. The van der Waals surface area contributed by atoms with Crippen molar-refractivity contribution in [1.29, 1.82) is 0 Å². The predicted octanol–water partition coefficient (Wildman–Crippen LogP) is 2.80. The largest absolute Gasteiger partial charge is 0.492 e. The van der Waals surface area contributed by atoms with E-state index in [2.05, 4.69) is 9.80 Å². The highest BCUT2D eigenvalue weighted by Gasteiger charge is 2.11. The molecule has 0 amide bonds. The van der Waals surface area contributed by atoms with Gasteiger partial charge in [-0.3, -0.25) is 4.79 Å². The second kappa shape index (κ2) is 9.94. The third kappa shape index (κ3) is 6.50. The highest BCUT2D eigenvalue weighted by molar-refractivity contribution is 6.09. The Bertz CT molecular complexity index is 654. The van der Waals surface area contributed by atoms with Crippen LogP contribution >= 0.6 is 0 Å². The van der Waals surface area contributed by atoms with E-state index >= 15 is 0 Å². The van der Waals surface area contributed by atoms with E-state index in [9.17, 15) is 4.79 Å². The highest BCUT2D eigenvalue weighted by Crippen LogP contribution is 2.20. The summed E-state index contributed by atoms with van der Waals surface area (Å²) in [5.41, 5.74) is 1.22. The average Bonchev–Trinajstić information content (AvgIpc) is 2.61. The molecule has 2 rings (SSSR count). The van der Waals surface area contributed by atoms with Gasteiger partial charge in [-0.15, -0.1) is 0 Å². The topological polar surface area (TPSA) is 42.0 Å². The minimum absolute atomic E-state index is 0.0406. The Morgan fingerprint density at radius 3 is 1.58 bits per heavy atom. The van der Waals surface area contributed by atoms with E-state index in [0.29, 0.717) is 35.8 Å². The number of benzene rings is 2. The van der Waals surface area contributed by atoms with Crippen LogP contribution in [0.15, 0.2) is 48.5 Å². The van der Waals surface area contributed by atoms with Crippen molar-refractivity contribution >= 4 is 5.78 Å². The number of nitrogens with zero attached hydrogens (tertiary/aromatic N) is 2. The van der Waals surface area contributed by atoms with Gasteiger partial charge in [0.05, 0.1) is 0 Å². The Morgan fingerprint density at radius 1 is 0.769 bits per heavy atom. The van der Waals surface area contributed by atoms with Crippen molar-refractivity contribution < 1.29 is 14.3 Å². The molecule has 0 saturated heterocycles. The molecule has 0 radical (unpaired) electrons. The van der Waals surface area contributed by atoms with E-state index in [0.717, 1.165) is 13.1 Å². The molecule has 26 heavy (non-hydrogen) atoms. The molecule has 0 aromatic heterocycles. The fraction of sp³-hybridized carbons (Fsp3) is 0.381. The summed E-state index contributed by atoms with van der Waals surface area (Å²) in [7, 11) is 7.99. The second-order valence-electron chi connectivity index (χ2n) is 6.69. The Morgan fingerprint density at radius 2 is 1.19 bits per heavy atom. The highest BCUT2D eigenvalue weighted by atomic mass is 16.5. The van der Waals surface area contributed by atoms with Crippen LogP contribution in [0.3, 0.4) is 0 Å². The van der Waals surface area contributed by atoms with E-state index < -0.39 is 0 Å². The van der Waals surface area contributed by atoms with Gasteiger partial charge in [-0.05, 0) is 52.5 Å². The van der Waals surface area contributed by atoms with Crippen LogP contribution in [0.25, 0.3) is 0 Å². The Kier molecular flexibility index (Phi) is 7.63. The molecule has 5 heteroatoms. The zero-order valence-electron chi connectivity index (χ0n) is 16.1. The molecule has 0 fully saturated rings. The minimum Gasteiger partial charge on any atom is -0.492 e. The maximum absolute atomic E-state index is 12.8. The molecule has 0 heterocycles.